The molecule has 2 aliphatic rings. The summed E-state index contributed by atoms with van der Waals surface area (Å²) in [7, 11) is -3.67. The van der Waals surface area contributed by atoms with Crippen LogP contribution in [0.4, 0.5) is 0 Å². The molecule has 2 N–H and O–H groups in total. The van der Waals surface area contributed by atoms with Crippen LogP contribution in [0.15, 0.2) is 59.5 Å². The Bertz CT molecular complexity index is 1310. The number of nitrogens with zero attached hydrogens (tertiary/aromatic N) is 1. The van der Waals surface area contributed by atoms with Crippen molar-refractivity contribution in [2.75, 3.05) is 19.8 Å². The number of ether oxygens (including phenoxy) is 1. The predicted octanol–water partition coefficient (Wildman–Crippen LogP) is 4.56. The number of aromatic amines is 1. The number of rotatable bonds is 6. The molecular weight excluding hydrogens is 474 g/mol. The Kier molecular flexibility index (Phi) is 7.19. The first-order valence-electron chi connectivity index (χ1n) is 12.9. The molecule has 0 radical (unpaired) electrons. The number of hydrogen-bond donors (Lipinski definition) is 2. The second kappa shape index (κ2) is 10.4. The summed E-state index contributed by atoms with van der Waals surface area (Å²) in [6.07, 6.45) is 2.72. The van der Waals surface area contributed by atoms with Crippen LogP contribution in [-0.2, 0) is 19.6 Å². The number of amides is 1. The second-order valence-corrected chi connectivity index (χ2v) is 12.1. The number of benzene rings is 2. The van der Waals surface area contributed by atoms with E-state index < -0.39 is 10.0 Å². The van der Waals surface area contributed by atoms with Crippen LogP contribution < -0.4 is 4.72 Å². The van der Waals surface area contributed by atoms with Gasteiger partial charge in [-0.1, -0.05) is 50.2 Å². The van der Waals surface area contributed by atoms with Crippen molar-refractivity contribution in [1.29, 1.82) is 0 Å². The Morgan fingerprint density at radius 2 is 1.81 bits per heavy atom. The van der Waals surface area contributed by atoms with E-state index in [4.69, 9.17) is 4.74 Å². The molecule has 3 aromatic rings. The molecule has 2 heterocycles. The first-order chi connectivity index (χ1) is 17.3. The van der Waals surface area contributed by atoms with Gasteiger partial charge < -0.3 is 14.6 Å². The Morgan fingerprint density at radius 3 is 2.53 bits per heavy atom. The normalized spacial score (nSPS) is 23.3. The van der Waals surface area contributed by atoms with Crippen LogP contribution in [0.1, 0.15) is 39.5 Å². The number of sulfonamides is 1. The number of nitrogens with one attached hydrogen (secondary N) is 2. The number of hydrogen-bond acceptors (Lipinski definition) is 4. The van der Waals surface area contributed by atoms with Gasteiger partial charge in [0.25, 0.3) is 0 Å². The third-order valence-electron chi connectivity index (χ3n) is 7.61. The molecule has 1 aliphatic carbocycles. The smallest absolute Gasteiger partial charge is 0.240 e. The van der Waals surface area contributed by atoms with Gasteiger partial charge in [-0.3, -0.25) is 4.79 Å². The molecule has 0 bridgehead atoms. The van der Waals surface area contributed by atoms with Crippen molar-refractivity contribution >= 4 is 26.8 Å². The van der Waals surface area contributed by atoms with Gasteiger partial charge in [0.15, 0.2) is 0 Å². The highest BCUT2D eigenvalue weighted by Gasteiger charge is 2.36. The van der Waals surface area contributed by atoms with Gasteiger partial charge in [-0.25, -0.2) is 13.1 Å². The van der Waals surface area contributed by atoms with E-state index in [9.17, 15) is 13.2 Å². The topological polar surface area (TPSA) is 91.5 Å². The van der Waals surface area contributed by atoms with E-state index in [0.717, 1.165) is 22.2 Å². The number of carbonyl (C=O) groups excluding carboxylic acids is 1. The molecule has 192 valence electrons. The third-order valence-corrected chi connectivity index (χ3v) is 9.12. The van der Waals surface area contributed by atoms with Crippen molar-refractivity contribution in [2.45, 2.75) is 56.5 Å². The number of fused-ring (bicyclic) bond motifs is 1. The van der Waals surface area contributed by atoms with Crippen molar-refractivity contribution in [3.05, 3.63) is 54.6 Å². The molecule has 1 amide bonds. The molecule has 1 aliphatic heterocycles. The fraction of sp³-hybridized carbons (Fsp3) is 0.464. The van der Waals surface area contributed by atoms with Crippen LogP contribution in [0, 0.1) is 11.8 Å². The summed E-state index contributed by atoms with van der Waals surface area (Å²) in [5, 5.41) is 0.967. The fourth-order valence-electron chi connectivity index (χ4n) is 5.48. The lowest BCUT2D eigenvalue weighted by atomic mass is 9.85. The van der Waals surface area contributed by atoms with Crippen LogP contribution in [0.25, 0.3) is 22.2 Å². The minimum absolute atomic E-state index is 0.0446. The van der Waals surface area contributed by atoms with Crippen molar-refractivity contribution in [3.8, 4) is 11.3 Å². The van der Waals surface area contributed by atoms with E-state index in [1.165, 1.54) is 0 Å². The zero-order valence-corrected chi connectivity index (χ0v) is 21.8. The molecule has 36 heavy (non-hydrogen) atoms. The average molecular weight is 510 g/mol. The monoisotopic (exact) mass is 509 g/mol. The molecule has 8 heteroatoms. The number of H-pyrrole nitrogens is 1. The molecule has 5 rings (SSSR count). The molecule has 1 aromatic heterocycles. The molecule has 1 saturated heterocycles. The molecule has 2 aromatic carbocycles. The van der Waals surface area contributed by atoms with Gasteiger partial charge in [0, 0.05) is 35.1 Å². The van der Waals surface area contributed by atoms with E-state index in [2.05, 4.69) is 23.6 Å². The Morgan fingerprint density at radius 1 is 1.06 bits per heavy atom. The molecule has 7 nitrogen and oxygen atoms in total. The van der Waals surface area contributed by atoms with Gasteiger partial charge in [0.2, 0.25) is 15.9 Å². The van der Waals surface area contributed by atoms with E-state index in [0.29, 0.717) is 51.4 Å². The standard InChI is InChI=1S/C28H35N3O4S/c1-19(2)27-18-35-15-14-31(27)28(32)21-8-11-23(12-9-21)30-36(33,34)24-13-10-22-16-25(29-26(22)17-24)20-6-4-3-5-7-20/h3-7,10,13,16-17,19,21,23,27,29-30H,8-9,11-12,14-15,18H2,1-2H3. The van der Waals surface area contributed by atoms with Gasteiger partial charge in [0.05, 0.1) is 24.2 Å². The summed E-state index contributed by atoms with van der Waals surface area (Å²) in [6.45, 7) is 6.07. The summed E-state index contributed by atoms with van der Waals surface area (Å²) in [5.74, 6) is 0.500. The van der Waals surface area contributed by atoms with Crippen LogP contribution in [-0.4, -0.2) is 56.1 Å². The van der Waals surface area contributed by atoms with Gasteiger partial charge in [-0.05, 0) is 55.4 Å². The molecular formula is C28H35N3O4S. The van der Waals surface area contributed by atoms with Gasteiger partial charge in [-0.15, -0.1) is 0 Å². The van der Waals surface area contributed by atoms with Gasteiger partial charge in [0.1, 0.15) is 0 Å². The molecule has 1 atom stereocenters. The van der Waals surface area contributed by atoms with Crippen LogP contribution >= 0.6 is 0 Å². The van der Waals surface area contributed by atoms with E-state index >= 15 is 0 Å². The maximum atomic E-state index is 13.2. The van der Waals surface area contributed by atoms with Gasteiger partial charge in [-0.2, -0.15) is 0 Å². The van der Waals surface area contributed by atoms with Crippen molar-refractivity contribution in [1.82, 2.24) is 14.6 Å². The molecule has 1 saturated carbocycles. The molecule has 2 fully saturated rings. The highest BCUT2D eigenvalue weighted by Crippen LogP contribution is 2.30. The van der Waals surface area contributed by atoms with Crippen molar-refractivity contribution in [2.24, 2.45) is 11.8 Å². The zero-order chi connectivity index (χ0) is 25.3. The lowest BCUT2D eigenvalue weighted by Gasteiger charge is -2.41. The second-order valence-electron chi connectivity index (χ2n) is 10.4. The zero-order valence-electron chi connectivity index (χ0n) is 20.9. The lowest BCUT2D eigenvalue weighted by molar-refractivity contribution is -0.147. The maximum Gasteiger partial charge on any atom is 0.240 e. The number of morpholine rings is 1. The summed E-state index contributed by atoms with van der Waals surface area (Å²) < 4.78 is 34.9. The third kappa shape index (κ3) is 5.21. The summed E-state index contributed by atoms with van der Waals surface area (Å²) in [4.78, 5) is 18.8. The quantitative estimate of drug-likeness (QED) is 0.510. The van der Waals surface area contributed by atoms with E-state index in [-0.39, 0.29) is 28.8 Å². The number of carbonyl (C=O) groups is 1. The largest absolute Gasteiger partial charge is 0.377 e. The van der Waals surface area contributed by atoms with E-state index in [1.807, 2.05) is 47.4 Å². The summed E-state index contributed by atoms with van der Waals surface area (Å²) in [5.41, 5.74) is 2.80. The SMILES string of the molecule is CC(C)C1COCCN1C(=O)C1CCC(NS(=O)(=O)c2ccc3cc(-c4ccccc4)[nH]c3c2)CC1. The average Bonchev–Trinajstić information content (AvgIpc) is 3.33. The van der Waals surface area contributed by atoms with Gasteiger partial charge >= 0.3 is 0 Å². The Hall–Kier alpha value is -2.68. The van der Waals surface area contributed by atoms with Crippen LogP contribution in [0.2, 0.25) is 0 Å². The first-order valence-corrected chi connectivity index (χ1v) is 14.4. The van der Waals surface area contributed by atoms with Crippen LogP contribution in [0.3, 0.4) is 0 Å². The highest BCUT2D eigenvalue weighted by molar-refractivity contribution is 7.89. The highest BCUT2D eigenvalue weighted by atomic mass is 32.2. The summed E-state index contributed by atoms with van der Waals surface area (Å²) >= 11 is 0. The predicted molar refractivity (Wildman–Crippen MR) is 141 cm³/mol. The Labute approximate surface area is 213 Å². The molecule has 0 spiro atoms. The minimum Gasteiger partial charge on any atom is -0.377 e. The minimum atomic E-state index is -3.67. The molecule has 1 unspecified atom stereocenters. The maximum absolute atomic E-state index is 13.2. The van der Waals surface area contributed by atoms with E-state index in [1.54, 1.807) is 12.1 Å². The van der Waals surface area contributed by atoms with Crippen molar-refractivity contribution in [3.63, 3.8) is 0 Å². The first kappa shape index (κ1) is 25.0. The van der Waals surface area contributed by atoms with Crippen molar-refractivity contribution < 1.29 is 17.9 Å². The number of aromatic nitrogens is 1. The summed E-state index contributed by atoms with van der Waals surface area (Å²) in [6, 6.07) is 17.2. The fourth-order valence-corrected chi connectivity index (χ4v) is 6.81. The van der Waals surface area contributed by atoms with Crippen LogP contribution in [0.5, 0.6) is 0 Å². The Balaban J connectivity index is 1.23. The lowest BCUT2D eigenvalue weighted by Crippen LogP contribution is -2.53.